The van der Waals surface area contributed by atoms with E-state index in [9.17, 15) is 0 Å². The third-order valence-electron chi connectivity index (χ3n) is 2.27. The molecule has 1 rings (SSSR count). The van der Waals surface area contributed by atoms with Crippen LogP contribution < -0.4 is 4.74 Å². The van der Waals surface area contributed by atoms with E-state index < -0.39 is 0 Å². The lowest BCUT2D eigenvalue weighted by Crippen LogP contribution is -2.12. The van der Waals surface area contributed by atoms with Crippen LogP contribution in [0.1, 0.15) is 25.8 Å². The van der Waals surface area contributed by atoms with E-state index in [0.717, 1.165) is 18.8 Å². The van der Waals surface area contributed by atoms with Crippen LogP contribution in [0.4, 0.5) is 0 Å². The number of hydrogen-bond donors (Lipinski definition) is 0. The molecule has 1 aromatic rings. The van der Waals surface area contributed by atoms with Crippen LogP contribution in [0.5, 0.6) is 5.75 Å². The molecular formula is C13H20O2. The molecule has 0 saturated heterocycles. The van der Waals surface area contributed by atoms with Crippen molar-refractivity contribution in [3.05, 3.63) is 29.8 Å². The van der Waals surface area contributed by atoms with E-state index in [1.807, 2.05) is 19.1 Å². The van der Waals surface area contributed by atoms with Crippen molar-refractivity contribution in [1.82, 2.24) is 0 Å². The Bertz CT molecular complexity index is 266. The highest BCUT2D eigenvalue weighted by Gasteiger charge is 2.00. The summed E-state index contributed by atoms with van der Waals surface area (Å²) in [5.74, 6) is 0.935. The molecular weight excluding hydrogens is 188 g/mol. The topological polar surface area (TPSA) is 18.5 Å². The Morgan fingerprint density at radius 1 is 1.20 bits per heavy atom. The summed E-state index contributed by atoms with van der Waals surface area (Å²) in [6, 6.07) is 8.12. The van der Waals surface area contributed by atoms with E-state index in [-0.39, 0.29) is 6.10 Å². The summed E-state index contributed by atoms with van der Waals surface area (Å²) >= 11 is 0. The summed E-state index contributed by atoms with van der Waals surface area (Å²) in [6.07, 6.45) is 1.21. The van der Waals surface area contributed by atoms with Gasteiger partial charge in [0.15, 0.2) is 0 Å². The molecule has 0 aliphatic carbocycles. The van der Waals surface area contributed by atoms with Gasteiger partial charge in [-0.2, -0.15) is 0 Å². The minimum atomic E-state index is 0.278. The fraction of sp³-hybridized carbons (Fsp3) is 0.538. The highest BCUT2D eigenvalue weighted by molar-refractivity contribution is 5.26. The zero-order valence-electron chi connectivity index (χ0n) is 9.82. The Labute approximate surface area is 92.2 Å². The first kappa shape index (κ1) is 12.1. The van der Waals surface area contributed by atoms with Gasteiger partial charge in [0.1, 0.15) is 5.75 Å². The second-order valence-electron chi connectivity index (χ2n) is 3.72. The molecule has 1 unspecified atom stereocenters. The minimum Gasteiger partial charge on any atom is -0.493 e. The lowest BCUT2D eigenvalue weighted by molar-refractivity contribution is 0.0596. The van der Waals surface area contributed by atoms with Crippen LogP contribution in [0.25, 0.3) is 0 Å². The van der Waals surface area contributed by atoms with Crippen molar-refractivity contribution in [1.29, 1.82) is 0 Å². The molecule has 0 N–H and O–H groups in total. The quantitative estimate of drug-likeness (QED) is 0.714. The van der Waals surface area contributed by atoms with E-state index in [0.29, 0.717) is 6.61 Å². The van der Waals surface area contributed by atoms with Crippen molar-refractivity contribution in [2.45, 2.75) is 33.3 Å². The zero-order valence-corrected chi connectivity index (χ0v) is 9.82. The lowest BCUT2D eigenvalue weighted by atomic mass is 10.2. The molecule has 0 bridgehead atoms. The SMILES string of the molecule is CCOC(C)CCOc1ccc(C)cc1. The summed E-state index contributed by atoms with van der Waals surface area (Å²) in [4.78, 5) is 0. The Hall–Kier alpha value is -1.02. The highest BCUT2D eigenvalue weighted by atomic mass is 16.5. The van der Waals surface area contributed by atoms with E-state index >= 15 is 0 Å². The first-order valence-electron chi connectivity index (χ1n) is 5.53. The van der Waals surface area contributed by atoms with Gasteiger partial charge in [-0.05, 0) is 32.9 Å². The normalized spacial score (nSPS) is 12.5. The van der Waals surface area contributed by atoms with Gasteiger partial charge in [0.2, 0.25) is 0 Å². The van der Waals surface area contributed by atoms with Gasteiger partial charge in [-0.15, -0.1) is 0 Å². The van der Waals surface area contributed by atoms with Crippen molar-refractivity contribution < 1.29 is 9.47 Å². The average molecular weight is 208 g/mol. The van der Waals surface area contributed by atoms with Gasteiger partial charge >= 0.3 is 0 Å². The lowest BCUT2D eigenvalue weighted by Gasteiger charge is -2.12. The average Bonchev–Trinajstić information content (AvgIpc) is 2.21. The number of benzene rings is 1. The smallest absolute Gasteiger partial charge is 0.119 e. The molecule has 0 aliphatic rings. The standard InChI is InChI=1S/C13H20O2/c1-4-14-12(3)9-10-15-13-7-5-11(2)6-8-13/h5-8,12H,4,9-10H2,1-3H3. The highest BCUT2D eigenvalue weighted by Crippen LogP contribution is 2.12. The molecule has 1 atom stereocenters. The zero-order chi connectivity index (χ0) is 11.1. The monoisotopic (exact) mass is 208 g/mol. The first-order chi connectivity index (χ1) is 7.22. The van der Waals surface area contributed by atoms with E-state index in [4.69, 9.17) is 9.47 Å². The molecule has 0 radical (unpaired) electrons. The van der Waals surface area contributed by atoms with Crippen LogP contribution in [-0.4, -0.2) is 19.3 Å². The van der Waals surface area contributed by atoms with Crippen LogP contribution in [0.3, 0.4) is 0 Å². The predicted molar refractivity (Wildman–Crippen MR) is 62.4 cm³/mol. The van der Waals surface area contributed by atoms with Gasteiger partial charge in [0.05, 0.1) is 12.7 Å². The Balaban J connectivity index is 2.22. The van der Waals surface area contributed by atoms with Crippen molar-refractivity contribution in [2.75, 3.05) is 13.2 Å². The molecule has 0 saturated carbocycles. The van der Waals surface area contributed by atoms with Gasteiger partial charge in [0.25, 0.3) is 0 Å². The van der Waals surface area contributed by atoms with Gasteiger partial charge in [-0.3, -0.25) is 0 Å². The summed E-state index contributed by atoms with van der Waals surface area (Å²) in [5.41, 5.74) is 1.25. The number of aryl methyl sites for hydroxylation is 1. The van der Waals surface area contributed by atoms with Crippen LogP contribution >= 0.6 is 0 Å². The maximum atomic E-state index is 5.60. The molecule has 84 valence electrons. The Morgan fingerprint density at radius 3 is 2.47 bits per heavy atom. The minimum absolute atomic E-state index is 0.278. The maximum Gasteiger partial charge on any atom is 0.119 e. The third-order valence-corrected chi connectivity index (χ3v) is 2.27. The second-order valence-corrected chi connectivity index (χ2v) is 3.72. The van der Waals surface area contributed by atoms with Crippen molar-refractivity contribution in [3.63, 3.8) is 0 Å². The number of ether oxygens (including phenoxy) is 2. The largest absolute Gasteiger partial charge is 0.493 e. The number of rotatable bonds is 6. The first-order valence-corrected chi connectivity index (χ1v) is 5.53. The number of hydrogen-bond acceptors (Lipinski definition) is 2. The Kier molecular flexibility index (Phi) is 5.19. The van der Waals surface area contributed by atoms with Crippen LogP contribution in [-0.2, 0) is 4.74 Å². The van der Waals surface area contributed by atoms with E-state index in [2.05, 4.69) is 26.0 Å². The summed E-state index contributed by atoms with van der Waals surface area (Å²) in [5, 5.41) is 0. The van der Waals surface area contributed by atoms with Gasteiger partial charge in [-0.25, -0.2) is 0 Å². The summed E-state index contributed by atoms with van der Waals surface area (Å²) in [7, 11) is 0. The third kappa shape index (κ3) is 4.84. The molecule has 0 aliphatic heterocycles. The van der Waals surface area contributed by atoms with Gasteiger partial charge < -0.3 is 9.47 Å². The van der Waals surface area contributed by atoms with E-state index in [1.165, 1.54) is 5.56 Å². The van der Waals surface area contributed by atoms with Crippen molar-refractivity contribution in [2.24, 2.45) is 0 Å². The van der Waals surface area contributed by atoms with Gasteiger partial charge in [-0.1, -0.05) is 17.7 Å². The maximum absolute atomic E-state index is 5.60. The summed E-state index contributed by atoms with van der Waals surface area (Å²) < 4.78 is 11.0. The fourth-order valence-corrected chi connectivity index (χ4v) is 1.35. The van der Waals surface area contributed by atoms with E-state index in [1.54, 1.807) is 0 Å². The molecule has 2 heteroatoms. The second kappa shape index (κ2) is 6.46. The molecule has 1 aromatic carbocycles. The Morgan fingerprint density at radius 2 is 1.87 bits per heavy atom. The molecule has 0 heterocycles. The van der Waals surface area contributed by atoms with Gasteiger partial charge in [0, 0.05) is 13.0 Å². The molecule has 2 nitrogen and oxygen atoms in total. The fourth-order valence-electron chi connectivity index (χ4n) is 1.35. The predicted octanol–water partition coefficient (Wildman–Crippen LogP) is 3.19. The van der Waals surface area contributed by atoms with Crippen LogP contribution in [0.15, 0.2) is 24.3 Å². The molecule has 0 fully saturated rings. The van der Waals surface area contributed by atoms with Crippen LogP contribution in [0.2, 0.25) is 0 Å². The summed E-state index contributed by atoms with van der Waals surface area (Å²) in [6.45, 7) is 7.64. The molecule has 15 heavy (non-hydrogen) atoms. The van der Waals surface area contributed by atoms with Crippen molar-refractivity contribution >= 4 is 0 Å². The molecule has 0 spiro atoms. The molecule has 0 aromatic heterocycles. The molecule has 0 amide bonds. The van der Waals surface area contributed by atoms with Crippen molar-refractivity contribution in [3.8, 4) is 5.75 Å². The van der Waals surface area contributed by atoms with Crippen LogP contribution in [0, 0.1) is 6.92 Å².